The average Bonchev–Trinajstić information content (AvgIpc) is 3.34. The van der Waals surface area contributed by atoms with Crippen molar-refractivity contribution >= 4 is 0 Å². The highest BCUT2D eigenvalue weighted by molar-refractivity contribution is 6.02. The van der Waals surface area contributed by atoms with Gasteiger partial charge in [-0.15, -0.1) is 0 Å². The van der Waals surface area contributed by atoms with E-state index in [1.807, 2.05) is 0 Å². The molecule has 0 radical (unpaired) electrons. The van der Waals surface area contributed by atoms with E-state index in [-0.39, 0.29) is 0 Å². The Labute approximate surface area is 353 Å². The lowest BCUT2D eigenvalue weighted by Crippen LogP contribution is -1.94. The van der Waals surface area contributed by atoms with Crippen LogP contribution in [0.3, 0.4) is 0 Å². The van der Waals surface area contributed by atoms with Crippen molar-refractivity contribution in [1.29, 1.82) is 0 Å². The maximum absolute atomic E-state index is 2.29. The molecule has 0 aliphatic heterocycles. The van der Waals surface area contributed by atoms with E-state index in [1.165, 1.54) is 100 Å². The smallest absolute Gasteiger partial charge is 0.00990 e. The van der Waals surface area contributed by atoms with Crippen LogP contribution in [0.15, 0.2) is 255 Å². The molecule has 0 bridgehead atoms. The third-order valence-electron chi connectivity index (χ3n) is 11.6. The van der Waals surface area contributed by atoms with Gasteiger partial charge in [0, 0.05) is 0 Å². The predicted molar refractivity (Wildman–Crippen MR) is 255 cm³/mol. The molecule has 0 spiro atoms. The number of hydrogen-bond donors (Lipinski definition) is 0. The lowest BCUT2D eigenvalue weighted by molar-refractivity contribution is 1.53. The standard InChI is InChI=1S/C60H42/c1-3-23-43(24-4-1)45-27-7-9-29-47(45)49-31-11-13-33-51(49)53-35-15-17-37-55(53)57-39-19-21-41-59(57)60-42-22-20-40-58(60)56-38-18-16-36-54(56)52-34-14-12-32-50(52)48-30-10-8-28-46(48)44-25-5-2-6-26-44/h1-42H. The van der Waals surface area contributed by atoms with E-state index in [2.05, 4.69) is 255 Å². The van der Waals surface area contributed by atoms with E-state index in [1.54, 1.807) is 0 Å². The lowest BCUT2D eigenvalue weighted by atomic mass is 9.82. The molecule has 10 rings (SSSR count). The molecule has 0 aromatic heterocycles. The van der Waals surface area contributed by atoms with Gasteiger partial charge in [0.2, 0.25) is 0 Å². The first-order valence-electron chi connectivity index (χ1n) is 20.7. The summed E-state index contributed by atoms with van der Waals surface area (Å²) in [6.45, 7) is 0. The Kier molecular flexibility index (Phi) is 10.1. The van der Waals surface area contributed by atoms with Crippen LogP contribution >= 0.6 is 0 Å². The average molecular weight is 763 g/mol. The van der Waals surface area contributed by atoms with Gasteiger partial charge >= 0.3 is 0 Å². The van der Waals surface area contributed by atoms with Gasteiger partial charge in [0.05, 0.1) is 0 Å². The van der Waals surface area contributed by atoms with Crippen molar-refractivity contribution in [3.8, 4) is 100 Å². The fraction of sp³-hybridized carbons (Fsp3) is 0. The summed E-state index contributed by atoms with van der Waals surface area (Å²) in [6.07, 6.45) is 0. The molecule has 0 atom stereocenters. The zero-order chi connectivity index (χ0) is 40.1. The van der Waals surface area contributed by atoms with Crippen LogP contribution in [0.25, 0.3) is 100 Å². The normalized spacial score (nSPS) is 11.0. The van der Waals surface area contributed by atoms with Crippen LogP contribution in [-0.2, 0) is 0 Å². The quantitative estimate of drug-likeness (QED) is 0.137. The Morgan fingerprint density at radius 1 is 0.100 bits per heavy atom. The largest absolute Gasteiger partial charge is 0.0622 e. The highest BCUT2D eigenvalue weighted by Gasteiger charge is 2.20. The van der Waals surface area contributed by atoms with Crippen molar-refractivity contribution < 1.29 is 0 Å². The van der Waals surface area contributed by atoms with Crippen LogP contribution in [0.4, 0.5) is 0 Å². The van der Waals surface area contributed by atoms with Crippen LogP contribution in [0, 0.1) is 0 Å². The van der Waals surface area contributed by atoms with Gasteiger partial charge in [-0.1, -0.05) is 255 Å². The summed E-state index contributed by atoms with van der Waals surface area (Å²) in [5, 5.41) is 0. The molecule has 0 saturated heterocycles. The second-order valence-corrected chi connectivity index (χ2v) is 15.1. The van der Waals surface area contributed by atoms with Crippen LogP contribution in [0.1, 0.15) is 0 Å². The Bertz CT molecular complexity index is 2870. The molecule has 0 amide bonds. The summed E-state index contributed by atoms with van der Waals surface area (Å²) >= 11 is 0. The number of hydrogen-bond acceptors (Lipinski definition) is 0. The van der Waals surface area contributed by atoms with Gasteiger partial charge in [-0.3, -0.25) is 0 Å². The van der Waals surface area contributed by atoms with Gasteiger partial charge in [0.1, 0.15) is 0 Å². The molecule has 0 saturated carbocycles. The van der Waals surface area contributed by atoms with Gasteiger partial charge < -0.3 is 0 Å². The molecule has 0 aliphatic carbocycles. The molecule has 0 heterocycles. The molecular formula is C60H42. The Hall–Kier alpha value is -7.80. The summed E-state index contributed by atoms with van der Waals surface area (Å²) < 4.78 is 0. The maximum Gasteiger partial charge on any atom is -0.00990 e. The van der Waals surface area contributed by atoms with Gasteiger partial charge in [0.15, 0.2) is 0 Å². The molecule has 0 unspecified atom stereocenters. The van der Waals surface area contributed by atoms with Crippen LogP contribution in [-0.4, -0.2) is 0 Å². The van der Waals surface area contributed by atoms with Gasteiger partial charge in [-0.05, 0) is 100 Å². The topological polar surface area (TPSA) is 0 Å². The predicted octanol–water partition coefficient (Wildman–Crippen LogP) is 16.7. The summed E-state index contributed by atoms with van der Waals surface area (Å²) in [7, 11) is 0. The molecule has 282 valence electrons. The maximum atomic E-state index is 2.29. The zero-order valence-corrected chi connectivity index (χ0v) is 33.2. The van der Waals surface area contributed by atoms with E-state index in [0.29, 0.717) is 0 Å². The summed E-state index contributed by atoms with van der Waals surface area (Å²) in [4.78, 5) is 0. The molecule has 0 nitrogen and oxygen atoms in total. The molecule has 0 fully saturated rings. The molecule has 0 aliphatic rings. The minimum atomic E-state index is 1.19. The summed E-state index contributed by atoms with van der Waals surface area (Å²) in [6, 6.07) is 92.3. The minimum Gasteiger partial charge on any atom is -0.0622 e. The third-order valence-corrected chi connectivity index (χ3v) is 11.6. The molecule has 60 heavy (non-hydrogen) atoms. The van der Waals surface area contributed by atoms with E-state index >= 15 is 0 Å². The van der Waals surface area contributed by atoms with Gasteiger partial charge in [-0.2, -0.15) is 0 Å². The molecule has 10 aromatic carbocycles. The molecule has 0 N–H and O–H groups in total. The first kappa shape index (κ1) is 36.5. The van der Waals surface area contributed by atoms with Crippen molar-refractivity contribution in [1.82, 2.24) is 0 Å². The third kappa shape index (κ3) is 6.95. The van der Waals surface area contributed by atoms with Crippen molar-refractivity contribution in [2.45, 2.75) is 0 Å². The first-order chi connectivity index (χ1) is 29.8. The Morgan fingerprint density at radius 3 is 0.383 bits per heavy atom. The Morgan fingerprint density at radius 2 is 0.217 bits per heavy atom. The molecule has 0 heteroatoms. The van der Waals surface area contributed by atoms with Crippen molar-refractivity contribution in [2.24, 2.45) is 0 Å². The van der Waals surface area contributed by atoms with E-state index in [9.17, 15) is 0 Å². The van der Waals surface area contributed by atoms with Crippen LogP contribution in [0.5, 0.6) is 0 Å². The first-order valence-corrected chi connectivity index (χ1v) is 20.7. The summed E-state index contributed by atoms with van der Waals surface area (Å²) in [5.74, 6) is 0. The summed E-state index contributed by atoms with van der Waals surface area (Å²) in [5.41, 5.74) is 21.7. The second-order valence-electron chi connectivity index (χ2n) is 15.1. The monoisotopic (exact) mass is 762 g/mol. The number of rotatable bonds is 9. The molecule has 10 aromatic rings. The minimum absolute atomic E-state index is 1.19. The van der Waals surface area contributed by atoms with E-state index in [4.69, 9.17) is 0 Å². The van der Waals surface area contributed by atoms with Gasteiger partial charge in [-0.25, -0.2) is 0 Å². The van der Waals surface area contributed by atoms with Gasteiger partial charge in [0.25, 0.3) is 0 Å². The van der Waals surface area contributed by atoms with Crippen molar-refractivity contribution in [3.63, 3.8) is 0 Å². The fourth-order valence-electron chi connectivity index (χ4n) is 8.89. The second kappa shape index (κ2) is 16.6. The zero-order valence-electron chi connectivity index (χ0n) is 33.2. The van der Waals surface area contributed by atoms with Crippen LogP contribution in [0.2, 0.25) is 0 Å². The number of benzene rings is 10. The van der Waals surface area contributed by atoms with E-state index in [0.717, 1.165) is 0 Å². The molecular weight excluding hydrogens is 721 g/mol. The fourth-order valence-corrected chi connectivity index (χ4v) is 8.89. The lowest BCUT2D eigenvalue weighted by Gasteiger charge is -2.21. The van der Waals surface area contributed by atoms with Crippen molar-refractivity contribution in [2.75, 3.05) is 0 Å². The highest BCUT2D eigenvalue weighted by Crippen LogP contribution is 2.47. The van der Waals surface area contributed by atoms with Crippen LogP contribution < -0.4 is 0 Å². The SMILES string of the molecule is c1ccc(-c2ccccc2-c2ccccc2-c2ccccc2-c2ccccc2-c2ccccc2-c2ccccc2-c2ccccc2-c2ccccc2-c2ccccc2)cc1. The Balaban J connectivity index is 1.12. The van der Waals surface area contributed by atoms with E-state index < -0.39 is 0 Å². The highest BCUT2D eigenvalue weighted by atomic mass is 14.2. The van der Waals surface area contributed by atoms with Crippen molar-refractivity contribution in [3.05, 3.63) is 255 Å².